The zero-order chi connectivity index (χ0) is 14.3. The number of hydrogen-bond acceptors (Lipinski definition) is 2. The van der Waals surface area contributed by atoms with Crippen LogP contribution in [0.5, 0.6) is 0 Å². The second-order valence-electron chi connectivity index (χ2n) is 5.83. The summed E-state index contributed by atoms with van der Waals surface area (Å²) in [5.41, 5.74) is 0.366. The Bertz CT molecular complexity index is 549. The molecule has 0 unspecified atom stereocenters. The summed E-state index contributed by atoms with van der Waals surface area (Å²) < 4.78 is 0. The number of benzene rings is 1. The predicted octanol–water partition coefficient (Wildman–Crippen LogP) is 1.97. The van der Waals surface area contributed by atoms with Crippen LogP contribution >= 0.6 is 11.6 Å². The average Bonchev–Trinajstić information content (AvgIpc) is 2.39. The molecule has 1 heterocycles. The van der Waals surface area contributed by atoms with Gasteiger partial charge in [-0.1, -0.05) is 30.7 Å². The number of hydrogen-bond donors (Lipinski definition) is 1. The van der Waals surface area contributed by atoms with Gasteiger partial charge in [0.05, 0.1) is 6.54 Å². The van der Waals surface area contributed by atoms with Crippen LogP contribution in [-0.4, -0.2) is 28.8 Å². The van der Waals surface area contributed by atoms with Crippen molar-refractivity contribution in [2.24, 2.45) is 5.92 Å². The van der Waals surface area contributed by atoms with E-state index in [4.69, 9.17) is 11.6 Å². The SMILES string of the molecule is CC1CC2(C1)C(=O)NCC(=O)N2Cc1ccc(Cl)cc1. The quantitative estimate of drug-likeness (QED) is 0.906. The van der Waals surface area contributed by atoms with Gasteiger partial charge in [-0.3, -0.25) is 9.59 Å². The number of carbonyl (C=O) groups excluding carboxylic acids is 2. The van der Waals surface area contributed by atoms with E-state index in [1.165, 1.54) is 0 Å². The molecule has 20 heavy (non-hydrogen) atoms. The van der Waals surface area contributed by atoms with Gasteiger partial charge in [-0.15, -0.1) is 0 Å². The Balaban J connectivity index is 1.86. The van der Waals surface area contributed by atoms with Crippen molar-refractivity contribution in [3.63, 3.8) is 0 Å². The largest absolute Gasteiger partial charge is 0.345 e. The van der Waals surface area contributed by atoms with E-state index < -0.39 is 5.54 Å². The molecular formula is C15H17ClN2O2. The molecule has 5 heteroatoms. The first-order valence-corrected chi connectivity index (χ1v) is 7.22. The first-order valence-electron chi connectivity index (χ1n) is 6.84. The minimum atomic E-state index is -0.631. The minimum Gasteiger partial charge on any atom is -0.345 e. The fraction of sp³-hybridized carbons (Fsp3) is 0.467. The Hall–Kier alpha value is -1.55. The average molecular weight is 293 g/mol. The molecular weight excluding hydrogens is 276 g/mol. The number of halogens is 1. The summed E-state index contributed by atoms with van der Waals surface area (Å²) in [5, 5.41) is 3.39. The maximum atomic E-state index is 12.2. The molecule has 0 bridgehead atoms. The van der Waals surface area contributed by atoms with Gasteiger partial charge in [0.15, 0.2) is 0 Å². The lowest BCUT2D eigenvalue weighted by Gasteiger charge is -2.54. The topological polar surface area (TPSA) is 49.4 Å². The Morgan fingerprint density at radius 3 is 2.55 bits per heavy atom. The Labute approximate surface area is 123 Å². The fourth-order valence-electron chi connectivity index (χ4n) is 3.29. The molecule has 1 aliphatic heterocycles. The second kappa shape index (κ2) is 4.77. The number of amides is 2. The second-order valence-corrected chi connectivity index (χ2v) is 6.27. The van der Waals surface area contributed by atoms with Crippen molar-refractivity contribution in [2.45, 2.75) is 31.8 Å². The smallest absolute Gasteiger partial charge is 0.246 e. The summed E-state index contributed by atoms with van der Waals surface area (Å²) in [4.78, 5) is 26.2. The standard InChI is InChI=1S/C15H17ClN2O2/c1-10-6-15(7-10)14(20)17-8-13(19)18(15)9-11-2-4-12(16)5-3-11/h2-5,10H,6-9H2,1H3,(H,17,20). The van der Waals surface area contributed by atoms with Gasteiger partial charge in [0, 0.05) is 11.6 Å². The normalized spacial score (nSPS) is 29.3. The molecule has 1 saturated heterocycles. The van der Waals surface area contributed by atoms with Crippen molar-refractivity contribution in [3.8, 4) is 0 Å². The number of nitrogens with zero attached hydrogens (tertiary/aromatic N) is 1. The first kappa shape index (κ1) is 13.4. The molecule has 1 aromatic rings. The van der Waals surface area contributed by atoms with Gasteiger partial charge in [-0.25, -0.2) is 0 Å². The highest BCUT2D eigenvalue weighted by atomic mass is 35.5. The van der Waals surface area contributed by atoms with E-state index in [2.05, 4.69) is 12.2 Å². The molecule has 3 rings (SSSR count). The van der Waals surface area contributed by atoms with Gasteiger partial charge in [0.1, 0.15) is 5.54 Å². The molecule has 0 atom stereocenters. The van der Waals surface area contributed by atoms with E-state index in [0.29, 0.717) is 17.5 Å². The van der Waals surface area contributed by atoms with Gasteiger partial charge in [0.25, 0.3) is 0 Å². The van der Waals surface area contributed by atoms with Crippen molar-refractivity contribution in [1.29, 1.82) is 0 Å². The summed E-state index contributed by atoms with van der Waals surface area (Å²) in [6.07, 6.45) is 1.50. The van der Waals surface area contributed by atoms with Crippen molar-refractivity contribution in [1.82, 2.24) is 10.2 Å². The van der Waals surface area contributed by atoms with E-state index in [1.807, 2.05) is 12.1 Å². The van der Waals surface area contributed by atoms with Crippen LogP contribution in [0, 0.1) is 5.92 Å². The number of piperazine rings is 1. The van der Waals surface area contributed by atoms with Gasteiger partial charge in [0.2, 0.25) is 11.8 Å². The lowest BCUT2D eigenvalue weighted by molar-refractivity contribution is -0.164. The summed E-state index contributed by atoms with van der Waals surface area (Å²) >= 11 is 5.88. The van der Waals surface area contributed by atoms with E-state index in [0.717, 1.165) is 18.4 Å². The molecule has 2 fully saturated rings. The van der Waals surface area contributed by atoms with Crippen LogP contribution in [0.25, 0.3) is 0 Å². The molecule has 0 radical (unpaired) electrons. The molecule has 4 nitrogen and oxygen atoms in total. The summed E-state index contributed by atoms with van der Waals surface area (Å²) in [5.74, 6) is 0.468. The molecule has 106 valence electrons. The maximum absolute atomic E-state index is 12.2. The van der Waals surface area contributed by atoms with Crippen molar-refractivity contribution >= 4 is 23.4 Å². The third kappa shape index (κ3) is 2.08. The Morgan fingerprint density at radius 1 is 1.30 bits per heavy atom. The lowest BCUT2D eigenvalue weighted by Crippen LogP contribution is -2.71. The minimum absolute atomic E-state index is 0.00792. The highest BCUT2D eigenvalue weighted by molar-refractivity contribution is 6.30. The van der Waals surface area contributed by atoms with Crippen LogP contribution in [-0.2, 0) is 16.1 Å². The lowest BCUT2D eigenvalue weighted by atomic mass is 9.66. The van der Waals surface area contributed by atoms with Gasteiger partial charge >= 0.3 is 0 Å². The van der Waals surface area contributed by atoms with Crippen molar-refractivity contribution < 1.29 is 9.59 Å². The molecule has 2 aliphatic rings. The number of rotatable bonds is 2. The summed E-state index contributed by atoms with van der Waals surface area (Å²) in [6.45, 7) is 2.68. The van der Waals surface area contributed by atoms with Crippen LogP contribution < -0.4 is 5.32 Å². The van der Waals surface area contributed by atoms with E-state index in [9.17, 15) is 9.59 Å². The third-order valence-electron chi connectivity index (χ3n) is 4.27. The zero-order valence-corrected chi connectivity index (χ0v) is 12.1. The van der Waals surface area contributed by atoms with E-state index >= 15 is 0 Å². The van der Waals surface area contributed by atoms with Crippen LogP contribution in [0.15, 0.2) is 24.3 Å². The fourth-order valence-corrected chi connectivity index (χ4v) is 3.41. The van der Waals surface area contributed by atoms with Gasteiger partial charge < -0.3 is 10.2 Å². The Morgan fingerprint density at radius 2 is 1.95 bits per heavy atom. The van der Waals surface area contributed by atoms with E-state index in [1.54, 1.807) is 17.0 Å². The highest BCUT2D eigenvalue weighted by Gasteiger charge is 2.56. The molecule has 2 amide bonds. The maximum Gasteiger partial charge on any atom is 0.246 e. The molecule has 1 saturated carbocycles. The highest BCUT2D eigenvalue weighted by Crippen LogP contribution is 2.44. The Kier molecular flexibility index (Phi) is 3.21. The summed E-state index contributed by atoms with van der Waals surface area (Å²) in [7, 11) is 0. The third-order valence-corrected chi connectivity index (χ3v) is 4.52. The molecule has 0 aromatic heterocycles. The monoisotopic (exact) mass is 292 g/mol. The van der Waals surface area contributed by atoms with Crippen molar-refractivity contribution in [2.75, 3.05) is 6.54 Å². The number of carbonyl (C=O) groups is 2. The van der Waals surface area contributed by atoms with Crippen LogP contribution in [0.1, 0.15) is 25.3 Å². The molecule has 1 aromatic carbocycles. The van der Waals surface area contributed by atoms with Gasteiger partial charge in [-0.2, -0.15) is 0 Å². The van der Waals surface area contributed by atoms with Crippen LogP contribution in [0.3, 0.4) is 0 Å². The summed E-state index contributed by atoms with van der Waals surface area (Å²) in [6, 6.07) is 7.42. The molecule has 1 spiro atoms. The zero-order valence-electron chi connectivity index (χ0n) is 11.4. The molecule has 1 aliphatic carbocycles. The first-order chi connectivity index (χ1) is 9.51. The van der Waals surface area contributed by atoms with Crippen LogP contribution in [0.2, 0.25) is 5.02 Å². The van der Waals surface area contributed by atoms with Gasteiger partial charge in [-0.05, 0) is 36.5 Å². The van der Waals surface area contributed by atoms with E-state index in [-0.39, 0.29) is 18.4 Å². The molecule has 1 N–H and O–H groups in total. The van der Waals surface area contributed by atoms with Crippen LogP contribution in [0.4, 0.5) is 0 Å². The number of nitrogens with one attached hydrogen (secondary N) is 1. The van der Waals surface area contributed by atoms with Crippen molar-refractivity contribution in [3.05, 3.63) is 34.9 Å². The predicted molar refractivity (Wildman–Crippen MR) is 76.1 cm³/mol.